The van der Waals surface area contributed by atoms with Crippen LogP contribution in [0.15, 0.2) is 30.3 Å². The number of aliphatic hydroxyl groups excluding tert-OH is 1. The third kappa shape index (κ3) is 3.22. The van der Waals surface area contributed by atoms with Gasteiger partial charge in [-0.1, -0.05) is 30.3 Å². The summed E-state index contributed by atoms with van der Waals surface area (Å²) >= 11 is 0. The normalized spacial score (nSPS) is 12.1. The SMILES string of the molecule is BC(=O)NCC(CO)c1ccccc1. The highest BCUT2D eigenvalue weighted by Gasteiger charge is 2.09. The molecule has 0 aliphatic carbocycles. The Bertz CT molecular complexity index is 289. The fourth-order valence-electron chi connectivity index (χ4n) is 1.28. The average molecular weight is 191 g/mol. The van der Waals surface area contributed by atoms with Gasteiger partial charge in [-0.3, -0.25) is 4.79 Å². The zero-order chi connectivity index (χ0) is 10.4. The Morgan fingerprint density at radius 2 is 2.07 bits per heavy atom. The molecule has 0 heterocycles. The third-order valence-corrected chi connectivity index (χ3v) is 2.09. The third-order valence-electron chi connectivity index (χ3n) is 2.09. The van der Waals surface area contributed by atoms with Gasteiger partial charge in [0.15, 0.2) is 5.81 Å². The number of amides is 1. The fraction of sp³-hybridized carbons (Fsp3) is 0.300. The van der Waals surface area contributed by atoms with E-state index >= 15 is 0 Å². The fourth-order valence-corrected chi connectivity index (χ4v) is 1.28. The Morgan fingerprint density at radius 3 is 2.57 bits per heavy atom. The van der Waals surface area contributed by atoms with Gasteiger partial charge in [0.1, 0.15) is 0 Å². The first-order valence-electron chi connectivity index (χ1n) is 4.64. The van der Waals surface area contributed by atoms with E-state index in [1.54, 1.807) is 0 Å². The second-order valence-corrected chi connectivity index (χ2v) is 3.23. The van der Waals surface area contributed by atoms with Gasteiger partial charge in [0.25, 0.3) is 0 Å². The first kappa shape index (κ1) is 10.8. The molecular weight excluding hydrogens is 177 g/mol. The molecule has 1 aromatic rings. The number of hydrogen-bond donors (Lipinski definition) is 2. The van der Waals surface area contributed by atoms with Gasteiger partial charge in [-0.05, 0) is 5.56 Å². The van der Waals surface area contributed by atoms with E-state index in [1.165, 1.54) is 7.85 Å². The monoisotopic (exact) mass is 191 g/mol. The van der Waals surface area contributed by atoms with Crippen LogP contribution in [0.2, 0.25) is 0 Å². The van der Waals surface area contributed by atoms with Crippen LogP contribution in [-0.4, -0.2) is 31.9 Å². The lowest BCUT2D eigenvalue weighted by Gasteiger charge is -2.14. The van der Waals surface area contributed by atoms with Crippen LogP contribution in [0.5, 0.6) is 0 Å². The van der Waals surface area contributed by atoms with E-state index in [0.717, 1.165) is 5.56 Å². The van der Waals surface area contributed by atoms with Crippen LogP contribution in [0, 0.1) is 0 Å². The van der Waals surface area contributed by atoms with Gasteiger partial charge in [0, 0.05) is 12.5 Å². The largest absolute Gasteiger partial charge is 0.396 e. The van der Waals surface area contributed by atoms with Crippen molar-refractivity contribution in [3.63, 3.8) is 0 Å². The van der Waals surface area contributed by atoms with Crippen LogP contribution in [-0.2, 0) is 0 Å². The van der Waals surface area contributed by atoms with Gasteiger partial charge in [0.2, 0.25) is 7.85 Å². The summed E-state index contributed by atoms with van der Waals surface area (Å²) in [6, 6.07) is 9.67. The van der Waals surface area contributed by atoms with Crippen LogP contribution in [0.3, 0.4) is 0 Å². The van der Waals surface area contributed by atoms with Crippen molar-refractivity contribution in [2.24, 2.45) is 0 Å². The molecule has 1 unspecified atom stereocenters. The van der Waals surface area contributed by atoms with Crippen LogP contribution in [0.4, 0.5) is 4.79 Å². The van der Waals surface area contributed by atoms with E-state index in [2.05, 4.69) is 5.32 Å². The van der Waals surface area contributed by atoms with E-state index in [4.69, 9.17) is 5.11 Å². The summed E-state index contributed by atoms with van der Waals surface area (Å²) in [5.74, 6) is -0.0838. The van der Waals surface area contributed by atoms with Crippen LogP contribution in [0.1, 0.15) is 11.5 Å². The summed E-state index contributed by atoms with van der Waals surface area (Å²) in [5, 5.41) is 11.8. The van der Waals surface area contributed by atoms with Gasteiger partial charge in [-0.25, -0.2) is 0 Å². The maximum absolute atomic E-state index is 10.7. The maximum atomic E-state index is 10.7. The van der Waals surface area contributed by atoms with Crippen molar-refractivity contribution in [3.8, 4) is 0 Å². The molecule has 0 aliphatic rings. The van der Waals surface area contributed by atoms with E-state index in [-0.39, 0.29) is 18.3 Å². The molecule has 0 aliphatic heterocycles. The minimum Gasteiger partial charge on any atom is -0.396 e. The molecule has 1 atom stereocenters. The number of rotatable bonds is 4. The van der Waals surface area contributed by atoms with Crippen LogP contribution in [0.25, 0.3) is 0 Å². The van der Waals surface area contributed by atoms with Gasteiger partial charge < -0.3 is 10.4 Å². The summed E-state index contributed by atoms with van der Waals surface area (Å²) in [5.41, 5.74) is 1.05. The van der Waals surface area contributed by atoms with Gasteiger partial charge in [-0.2, -0.15) is 0 Å². The molecule has 0 aromatic heterocycles. The Hall–Kier alpha value is -1.29. The smallest absolute Gasteiger partial charge is 0.215 e. The molecule has 14 heavy (non-hydrogen) atoms. The number of carbonyl (C=O) groups excluding carboxylic acids is 1. The standard InChI is InChI=1S/C10H14BNO2/c11-10(14)12-6-9(7-13)8-4-2-1-3-5-8/h1-5,9,13H,6-7,11H2,(H,12,14). The van der Waals surface area contributed by atoms with E-state index in [0.29, 0.717) is 6.54 Å². The predicted octanol–water partition coefficient (Wildman–Crippen LogP) is 0.105. The Labute approximate surface area is 84.5 Å². The molecule has 2 N–H and O–H groups in total. The molecule has 0 radical (unpaired) electrons. The lowest BCUT2D eigenvalue weighted by Crippen LogP contribution is -2.28. The highest BCUT2D eigenvalue weighted by atomic mass is 16.3. The molecule has 4 heteroatoms. The molecule has 3 nitrogen and oxygen atoms in total. The van der Waals surface area contributed by atoms with Crippen molar-refractivity contribution in [1.82, 2.24) is 5.32 Å². The summed E-state index contributed by atoms with van der Waals surface area (Å²) in [6.45, 7) is 0.528. The molecule has 74 valence electrons. The first-order valence-corrected chi connectivity index (χ1v) is 4.64. The second-order valence-electron chi connectivity index (χ2n) is 3.23. The van der Waals surface area contributed by atoms with Gasteiger partial charge >= 0.3 is 0 Å². The zero-order valence-electron chi connectivity index (χ0n) is 8.23. The molecule has 0 saturated heterocycles. The van der Waals surface area contributed by atoms with Crippen molar-refractivity contribution in [2.45, 2.75) is 5.92 Å². The summed E-state index contributed by atoms with van der Waals surface area (Å²) in [7, 11) is 1.47. The van der Waals surface area contributed by atoms with Gasteiger partial charge in [-0.15, -0.1) is 0 Å². The topological polar surface area (TPSA) is 49.3 Å². The molecule has 1 aromatic carbocycles. The lowest BCUT2D eigenvalue weighted by molar-refractivity contribution is 0.248. The summed E-state index contributed by atoms with van der Waals surface area (Å²) in [4.78, 5) is 10.7. The molecule has 1 rings (SSSR count). The van der Waals surface area contributed by atoms with E-state index in [9.17, 15) is 4.79 Å². The molecule has 0 saturated carbocycles. The Kier molecular flexibility index (Phi) is 4.20. The Balaban J connectivity index is 2.58. The average Bonchev–Trinajstić information content (AvgIpc) is 2.20. The van der Waals surface area contributed by atoms with E-state index in [1.807, 2.05) is 30.3 Å². The number of carbonyl (C=O) groups is 1. The number of hydrogen-bond acceptors (Lipinski definition) is 2. The molecular formula is C10H14BNO2. The zero-order valence-corrected chi connectivity index (χ0v) is 8.23. The second kappa shape index (κ2) is 5.45. The summed E-state index contributed by atoms with van der Waals surface area (Å²) in [6.07, 6.45) is 0. The maximum Gasteiger partial charge on any atom is 0.215 e. The van der Waals surface area contributed by atoms with Crippen LogP contribution >= 0.6 is 0 Å². The number of benzene rings is 1. The highest BCUT2D eigenvalue weighted by molar-refractivity contribution is 6.57. The summed E-state index contributed by atoms with van der Waals surface area (Å²) < 4.78 is 0. The number of nitrogens with one attached hydrogen (secondary N) is 1. The molecule has 1 amide bonds. The van der Waals surface area contributed by atoms with Crippen molar-refractivity contribution >= 4 is 13.7 Å². The van der Waals surface area contributed by atoms with Crippen molar-refractivity contribution < 1.29 is 9.90 Å². The predicted molar refractivity (Wildman–Crippen MR) is 58.2 cm³/mol. The minimum atomic E-state index is -0.0700. The van der Waals surface area contributed by atoms with E-state index < -0.39 is 0 Å². The Morgan fingerprint density at radius 1 is 1.43 bits per heavy atom. The highest BCUT2D eigenvalue weighted by Crippen LogP contribution is 2.13. The molecule has 0 bridgehead atoms. The van der Waals surface area contributed by atoms with Gasteiger partial charge in [0.05, 0.1) is 6.61 Å². The van der Waals surface area contributed by atoms with Crippen molar-refractivity contribution in [2.75, 3.05) is 13.2 Å². The first-order chi connectivity index (χ1) is 6.74. The molecule has 0 spiro atoms. The number of aliphatic hydroxyl groups is 1. The van der Waals surface area contributed by atoms with Crippen molar-refractivity contribution in [3.05, 3.63) is 35.9 Å². The quantitative estimate of drug-likeness (QED) is 0.663. The van der Waals surface area contributed by atoms with Crippen molar-refractivity contribution in [1.29, 1.82) is 0 Å². The minimum absolute atomic E-state index is 0.0138. The lowest BCUT2D eigenvalue weighted by atomic mass is 9.99. The van der Waals surface area contributed by atoms with Crippen LogP contribution < -0.4 is 5.32 Å². The molecule has 0 fully saturated rings.